The molecular weight excluding hydrogens is 276 g/mol. The zero-order chi connectivity index (χ0) is 14.5. The number of amides is 1. The number of carboxylic acids is 1. The molecule has 20 heavy (non-hydrogen) atoms. The molecule has 2 atom stereocenters. The number of aliphatic carboxylic acids is 1. The van der Waals surface area contributed by atoms with Gasteiger partial charge in [-0.3, -0.25) is 9.59 Å². The Bertz CT molecular complexity index is 487. The minimum Gasteiger partial charge on any atom is -0.480 e. The number of nitrogens with zero attached hydrogens (tertiary/aromatic N) is 1. The molecule has 1 aliphatic carbocycles. The lowest BCUT2D eigenvalue weighted by Gasteiger charge is -2.20. The smallest absolute Gasteiger partial charge is 0.323 e. The molecule has 110 valence electrons. The van der Waals surface area contributed by atoms with Crippen LogP contribution in [0.2, 0.25) is 0 Å². The van der Waals surface area contributed by atoms with Gasteiger partial charge in [0.2, 0.25) is 0 Å². The second-order valence-electron chi connectivity index (χ2n) is 4.92. The molecule has 5 nitrogen and oxygen atoms in total. The maximum Gasteiger partial charge on any atom is 0.323 e. The molecule has 2 N–H and O–H groups in total. The van der Waals surface area contributed by atoms with E-state index in [2.05, 4.69) is 12.2 Å². The molecule has 0 spiro atoms. The lowest BCUT2D eigenvalue weighted by Crippen LogP contribution is -2.39. The van der Waals surface area contributed by atoms with E-state index in [1.165, 1.54) is 4.57 Å². The predicted octanol–water partition coefficient (Wildman–Crippen LogP) is 1.98. The topological polar surface area (TPSA) is 71.3 Å². The molecule has 0 bridgehead atoms. The molecule has 1 fully saturated rings. The van der Waals surface area contributed by atoms with Gasteiger partial charge in [0.25, 0.3) is 5.91 Å². The fourth-order valence-corrected chi connectivity index (χ4v) is 3.85. The van der Waals surface area contributed by atoms with Crippen molar-refractivity contribution in [2.45, 2.75) is 44.0 Å². The van der Waals surface area contributed by atoms with Crippen LogP contribution >= 0.6 is 11.8 Å². The summed E-state index contributed by atoms with van der Waals surface area (Å²) in [5, 5.41) is 12.4. The molecule has 0 aromatic carbocycles. The second-order valence-corrected chi connectivity index (χ2v) is 6.44. The van der Waals surface area contributed by atoms with Crippen LogP contribution < -0.4 is 5.32 Å². The lowest BCUT2D eigenvalue weighted by molar-refractivity contribution is -0.137. The summed E-state index contributed by atoms with van der Waals surface area (Å²) in [5.74, 6) is -0.0766. The fourth-order valence-electron chi connectivity index (χ4n) is 2.65. The van der Waals surface area contributed by atoms with E-state index in [9.17, 15) is 9.59 Å². The zero-order valence-electron chi connectivity index (χ0n) is 11.5. The first kappa shape index (κ1) is 15.0. The molecule has 6 heteroatoms. The average molecular weight is 296 g/mol. The van der Waals surface area contributed by atoms with Crippen molar-refractivity contribution in [1.82, 2.24) is 9.88 Å². The highest BCUT2D eigenvalue weighted by Gasteiger charge is 2.29. The van der Waals surface area contributed by atoms with Crippen LogP contribution in [0.15, 0.2) is 18.3 Å². The number of nitrogens with one attached hydrogen (secondary N) is 1. The number of carbonyl (C=O) groups excluding carboxylic acids is 1. The Morgan fingerprint density at radius 3 is 3.00 bits per heavy atom. The van der Waals surface area contributed by atoms with Gasteiger partial charge in [0, 0.05) is 17.5 Å². The highest BCUT2D eigenvalue weighted by Crippen LogP contribution is 2.30. The Kier molecular flexibility index (Phi) is 5.11. The molecule has 1 aliphatic rings. The van der Waals surface area contributed by atoms with Crippen molar-refractivity contribution < 1.29 is 14.7 Å². The van der Waals surface area contributed by atoms with Crippen molar-refractivity contribution in [3.63, 3.8) is 0 Å². The standard InChI is InChI=1S/C14H20N2O3S/c1-2-20-12-7-3-5-10(12)15-14(19)11-6-4-8-16(11)9-13(17)18/h4,6,8,10,12H,2-3,5,7,9H2,1H3,(H,15,19)(H,17,18). The molecule has 2 rings (SSSR count). The van der Waals surface area contributed by atoms with E-state index in [0.29, 0.717) is 10.9 Å². The van der Waals surface area contributed by atoms with Crippen LogP contribution in [0, 0.1) is 0 Å². The number of carbonyl (C=O) groups is 2. The molecule has 2 unspecified atom stereocenters. The molecule has 0 saturated heterocycles. The molecule has 0 radical (unpaired) electrons. The molecule has 0 aliphatic heterocycles. The number of hydrogen-bond donors (Lipinski definition) is 2. The SMILES string of the molecule is CCSC1CCCC1NC(=O)c1cccn1CC(=O)O. The summed E-state index contributed by atoms with van der Waals surface area (Å²) in [7, 11) is 0. The van der Waals surface area contributed by atoms with Crippen molar-refractivity contribution in [2.24, 2.45) is 0 Å². The zero-order valence-corrected chi connectivity index (χ0v) is 12.4. The predicted molar refractivity (Wildman–Crippen MR) is 79.1 cm³/mol. The molecule has 1 aromatic heterocycles. The Morgan fingerprint density at radius 2 is 2.30 bits per heavy atom. The third kappa shape index (κ3) is 3.56. The quantitative estimate of drug-likeness (QED) is 0.842. The van der Waals surface area contributed by atoms with Crippen molar-refractivity contribution >= 4 is 23.6 Å². The van der Waals surface area contributed by atoms with Gasteiger partial charge in [0.1, 0.15) is 12.2 Å². The fraction of sp³-hybridized carbons (Fsp3) is 0.571. The first-order valence-electron chi connectivity index (χ1n) is 6.91. The number of thioether (sulfide) groups is 1. The van der Waals surface area contributed by atoms with Crippen molar-refractivity contribution in [3.05, 3.63) is 24.0 Å². The summed E-state index contributed by atoms with van der Waals surface area (Å²) in [6.07, 6.45) is 4.90. The second kappa shape index (κ2) is 6.83. The van der Waals surface area contributed by atoms with E-state index >= 15 is 0 Å². The first-order valence-corrected chi connectivity index (χ1v) is 7.96. The Hall–Kier alpha value is -1.43. The van der Waals surface area contributed by atoms with E-state index < -0.39 is 5.97 Å². The van der Waals surface area contributed by atoms with Crippen molar-refractivity contribution in [2.75, 3.05) is 5.75 Å². The maximum atomic E-state index is 12.3. The summed E-state index contributed by atoms with van der Waals surface area (Å²) in [4.78, 5) is 23.0. The van der Waals surface area contributed by atoms with Crippen LogP contribution in [-0.2, 0) is 11.3 Å². The number of carboxylic acid groups (broad SMARTS) is 1. The van der Waals surface area contributed by atoms with Gasteiger partial charge in [-0.05, 0) is 30.7 Å². The summed E-state index contributed by atoms with van der Waals surface area (Å²) < 4.78 is 1.47. The maximum absolute atomic E-state index is 12.3. The van der Waals surface area contributed by atoms with Crippen LogP contribution in [-0.4, -0.2) is 38.6 Å². The lowest BCUT2D eigenvalue weighted by atomic mass is 10.2. The number of aromatic nitrogens is 1. The third-order valence-electron chi connectivity index (χ3n) is 3.52. The van der Waals surface area contributed by atoms with Gasteiger partial charge in [-0.15, -0.1) is 0 Å². The van der Waals surface area contributed by atoms with Gasteiger partial charge in [-0.2, -0.15) is 11.8 Å². The van der Waals surface area contributed by atoms with E-state index in [0.717, 1.165) is 25.0 Å². The summed E-state index contributed by atoms with van der Waals surface area (Å²) in [6, 6.07) is 3.56. The Labute approximate surface area is 122 Å². The van der Waals surface area contributed by atoms with E-state index in [-0.39, 0.29) is 18.5 Å². The number of hydrogen-bond acceptors (Lipinski definition) is 3. The summed E-state index contributed by atoms with van der Waals surface area (Å²) in [5.41, 5.74) is 0.416. The highest BCUT2D eigenvalue weighted by molar-refractivity contribution is 7.99. The van der Waals surface area contributed by atoms with Gasteiger partial charge in [0.15, 0.2) is 0 Å². The first-order chi connectivity index (χ1) is 9.61. The minimum atomic E-state index is -0.949. The molecule has 1 amide bonds. The molecule has 1 heterocycles. The summed E-state index contributed by atoms with van der Waals surface area (Å²) in [6.45, 7) is 1.94. The normalized spacial score (nSPS) is 21.9. The molecular formula is C14H20N2O3S. The van der Waals surface area contributed by atoms with Gasteiger partial charge >= 0.3 is 5.97 Å². The van der Waals surface area contributed by atoms with Gasteiger partial charge in [0.05, 0.1) is 0 Å². The number of rotatable bonds is 6. The van der Waals surface area contributed by atoms with Crippen LogP contribution in [0.25, 0.3) is 0 Å². The van der Waals surface area contributed by atoms with E-state index in [1.54, 1.807) is 18.3 Å². The van der Waals surface area contributed by atoms with Crippen molar-refractivity contribution in [1.29, 1.82) is 0 Å². The van der Waals surface area contributed by atoms with Crippen molar-refractivity contribution in [3.8, 4) is 0 Å². The monoisotopic (exact) mass is 296 g/mol. The Morgan fingerprint density at radius 1 is 1.50 bits per heavy atom. The van der Waals surface area contributed by atoms with Crippen LogP contribution in [0.1, 0.15) is 36.7 Å². The van der Waals surface area contributed by atoms with Crippen LogP contribution in [0.5, 0.6) is 0 Å². The minimum absolute atomic E-state index is 0.176. The highest BCUT2D eigenvalue weighted by atomic mass is 32.2. The Balaban J connectivity index is 2.01. The van der Waals surface area contributed by atoms with E-state index in [4.69, 9.17) is 5.11 Å². The van der Waals surface area contributed by atoms with Gasteiger partial charge in [-0.25, -0.2) is 0 Å². The van der Waals surface area contributed by atoms with Crippen LogP contribution in [0.3, 0.4) is 0 Å². The van der Waals surface area contributed by atoms with E-state index in [1.807, 2.05) is 11.8 Å². The van der Waals surface area contributed by atoms with Gasteiger partial charge in [-0.1, -0.05) is 13.3 Å². The summed E-state index contributed by atoms with van der Waals surface area (Å²) >= 11 is 1.89. The molecule has 1 saturated carbocycles. The molecule has 1 aromatic rings. The third-order valence-corrected chi connectivity index (χ3v) is 4.84. The van der Waals surface area contributed by atoms with Crippen LogP contribution in [0.4, 0.5) is 0 Å². The van der Waals surface area contributed by atoms with Gasteiger partial charge < -0.3 is 15.0 Å². The largest absolute Gasteiger partial charge is 0.480 e. The average Bonchev–Trinajstić information content (AvgIpc) is 2.99.